The van der Waals surface area contributed by atoms with Gasteiger partial charge in [0, 0.05) is 45.2 Å². The molecular formula is C59H86N16O13. The van der Waals surface area contributed by atoms with Gasteiger partial charge in [-0.25, -0.2) is 9.59 Å². The summed E-state index contributed by atoms with van der Waals surface area (Å²) in [4.78, 5) is 144. The minimum absolute atomic E-state index is 0.0162. The van der Waals surface area contributed by atoms with Crippen molar-refractivity contribution in [3.63, 3.8) is 0 Å². The fraction of sp³-hybridized carbons (Fsp3) is 0.593. The van der Waals surface area contributed by atoms with Gasteiger partial charge in [0.1, 0.15) is 54.9 Å². The molecule has 7 rings (SSSR count). The SMILES string of the molecule is C[C@@H](O)[C@H](NC(=O)OCC1c2ccccc2-c2ccccc21)C(=O)N[C@@H](CCCCN)C(=O)N1CCC[C@H]1C(=O)N[C@@H](CCCNC(=N)N)C(=O)N1CCC[C@H]1C(=O)NCC(=O)N1CCC[C@H]1C(=O)N[C@@H](CCCNC(=N)N)C(=O)N1CCC[C@H]1C(=O)O. The summed E-state index contributed by atoms with van der Waals surface area (Å²) in [5.74, 6) is -7.31. The molecule has 9 amide bonds. The summed E-state index contributed by atoms with van der Waals surface area (Å²) in [6.07, 6.45) is 1.77. The normalized spacial score (nSPS) is 20.3. The number of hydrogen-bond donors (Lipinski definition) is 14. The largest absolute Gasteiger partial charge is 0.480 e. The molecule has 0 bridgehead atoms. The number of nitrogens with one attached hydrogen (secondary N) is 9. The van der Waals surface area contributed by atoms with E-state index in [2.05, 4.69) is 37.2 Å². The van der Waals surface area contributed by atoms with Gasteiger partial charge in [0.15, 0.2) is 11.9 Å². The third-order valence-electron chi connectivity index (χ3n) is 16.9. The molecular weight excluding hydrogens is 1140 g/mol. The van der Waals surface area contributed by atoms with E-state index < -0.39 is 120 Å². The number of amides is 9. The van der Waals surface area contributed by atoms with Crippen LogP contribution in [0.3, 0.4) is 0 Å². The van der Waals surface area contributed by atoms with Crippen LogP contribution < -0.4 is 54.4 Å². The first kappa shape index (κ1) is 66.9. The predicted octanol–water partition coefficient (Wildman–Crippen LogP) is -1.45. The lowest BCUT2D eigenvalue weighted by molar-refractivity contribution is -0.149. The Morgan fingerprint density at radius 2 is 1.01 bits per heavy atom. The summed E-state index contributed by atoms with van der Waals surface area (Å²) in [5, 5.41) is 54.4. The lowest BCUT2D eigenvalue weighted by Crippen LogP contribution is -2.60. The number of fused-ring (bicyclic) bond motifs is 3. The van der Waals surface area contributed by atoms with E-state index in [0.717, 1.165) is 22.3 Å². The fourth-order valence-corrected chi connectivity index (χ4v) is 12.5. The molecule has 5 aliphatic rings. The first-order valence-corrected chi connectivity index (χ1v) is 30.5. The van der Waals surface area contributed by atoms with Gasteiger partial charge < -0.3 is 89.0 Å². The highest BCUT2D eigenvalue weighted by atomic mass is 16.5. The molecule has 17 N–H and O–H groups in total. The second-order valence-electron chi connectivity index (χ2n) is 23.0. The Labute approximate surface area is 510 Å². The lowest BCUT2D eigenvalue weighted by atomic mass is 9.98. The van der Waals surface area contributed by atoms with Gasteiger partial charge in [0.25, 0.3) is 0 Å². The van der Waals surface area contributed by atoms with Gasteiger partial charge in [0.05, 0.1) is 12.6 Å². The topological polar surface area (TPSA) is 443 Å². The number of nitrogens with two attached hydrogens (primary N) is 3. The van der Waals surface area contributed by atoms with Gasteiger partial charge in [0.2, 0.25) is 47.3 Å². The van der Waals surface area contributed by atoms with Crippen molar-refractivity contribution in [2.45, 2.75) is 164 Å². The molecule has 29 nitrogen and oxygen atoms in total. The number of carboxylic acids is 1. The molecule has 4 saturated heterocycles. The number of hydrogen-bond acceptors (Lipinski definition) is 15. The average Bonchev–Trinajstić information content (AvgIpc) is 2.40. The van der Waals surface area contributed by atoms with Crippen molar-refractivity contribution < 1.29 is 62.9 Å². The maximum atomic E-state index is 14.6. The summed E-state index contributed by atoms with van der Waals surface area (Å²) < 4.78 is 5.66. The Balaban J connectivity index is 0.967. The van der Waals surface area contributed by atoms with E-state index in [4.69, 9.17) is 32.8 Å². The number of aliphatic carboxylic acids is 1. The van der Waals surface area contributed by atoms with Crippen molar-refractivity contribution in [2.75, 3.05) is 59.0 Å². The first-order valence-electron chi connectivity index (χ1n) is 30.5. The van der Waals surface area contributed by atoms with Gasteiger partial charge in [-0.1, -0.05) is 48.5 Å². The predicted molar refractivity (Wildman–Crippen MR) is 320 cm³/mol. The average molecular weight is 1230 g/mol. The monoisotopic (exact) mass is 1230 g/mol. The summed E-state index contributed by atoms with van der Waals surface area (Å²) in [6.45, 7) is 1.93. The number of carboxylic acid groups (broad SMARTS) is 1. The summed E-state index contributed by atoms with van der Waals surface area (Å²) in [6, 6.07) is 6.16. The zero-order chi connectivity index (χ0) is 63.6. The molecule has 480 valence electrons. The maximum Gasteiger partial charge on any atom is 0.407 e. The number of carbonyl (C=O) groups is 10. The smallest absolute Gasteiger partial charge is 0.407 e. The Bertz CT molecular complexity index is 2850. The molecule has 4 fully saturated rings. The van der Waals surface area contributed by atoms with Gasteiger partial charge >= 0.3 is 12.1 Å². The number of nitrogens with zero attached hydrogens (tertiary/aromatic N) is 4. The Morgan fingerprint density at radius 3 is 1.49 bits per heavy atom. The second-order valence-corrected chi connectivity index (χ2v) is 23.0. The van der Waals surface area contributed by atoms with E-state index in [1.807, 2.05) is 48.5 Å². The number of aliphatic hydroxyl groups is 1. The zero-order valence-electron chi connectivity index (χ0n) is 49.8. The van der Waals surface area contributed by atoms with E-state index in [1.165, 1.54) is 26.5 Å². The number of aliphatic hydroxyl groups excluding tert-OH is 1. The van der Waals surface area contributed by atoms with Crippen LogP contribution in [0.2, 0.25) is 0 Å². The molecule has 4 heterocycles. The van der Waals surface area contributed by atoms with Crippen LogP contribution in [0.15, 0.2) is 48.5 Å². The molecule has 2 aromatic rings. The molecule has 29 heteroatoms. The maximum absolute atomic E-state index is 14.6. The first-order chi connectivity index (χ1) is 42.2. The van der Waals surface area contributed by atoms with Crippen LogP contribution in [-0.4, -0.2) is 214 Å². The van der Waals surface area contributed by atoms with Gasteiger partial charge in [-0.15, -0.1) is 0 Å². The summed E-state index contributed by atoms with van der Waals surface area (Å²) >= 11 is 0. The number of alkyl carbamates (subject to hydrolysis) is 1. The third kappa shape index (κ3) is 17.1. The Hall–Kier alpha value is -8.60. The summed E-state index contributed by atoms with van der Waals surface area (Å²) in [7, 11) is 0. The van der Waals surface area contributed by atoms with Crippen molar-refractivity contribution in [1.29, 1.82) is 10.8 Å². The molecule has 2 aromatic carbocycles. The highest BCUT2D eigenvalue weighted by Gasteiger charge is 2.44. The van der Waals surface area contributed by atoms with E-state index in [1.54, 1.807) is 0 Å². The van der Waals surface area contributed by atoms with Crippen molar-refractivity contribution in [3.8, 4) is 11.1 Å². The molecule has 0 saturated carbocycles. The molecule has 0 spiro atoms. The number of rotatable bonds is 29. The van der Waals surface area contributed by atoms with E-state index in [9.17, 15) is 58.2 Å². The van der Waals surface area contributed by atoms with Crippen molar-refractivity contribution in [2.24, 2.45) is 17.2 Å². The number of carbonyl (C=O) groups excluding carboxylic acids is 9. The molecule has 0 unspecified atom stereocenters. The second kappa shape index (κ2) is 31.9. The quantitative estimate of drug-likeness (QED) is 0.0252. The Morgan fingerprint density at radius 1 is 0.580 bits per heavy atom. The number of guanidine groups is 2. The number of likely N-dealkylation sites (tertiary alicyclic amines) is 4. The van der Waals surface area contributed by atoms with Crippen LogP contribution >= 0.6 is 0 Å². The zero-order valence-corrected chi connectivity index (χ0v) is 49.8. The minimum Gasteiger partial charge on any atom is -0.480 e. The molecule has 0 aromatic heterocycles. The number of ether oxygens (including phenoxy) is 1. The van der Waals surface area contributed by atoms with Crippen LogP contribution in [0, 0.1) is 10.8 Å². The van der Waals surface area contributed by atoms with Gasteiger partial charge in [-0.05, 0) is 132 Å². The van der Waals surface area contributed by atoms with Crippen molar-refractivity contribution in [1.82, 2.24) is 56.8 Å². The van der Waals surface area contributed by atoms with Crippen LogP contribution in [-0.2, 0) is 47.9 Å². The molecule has 9 atom stereocenters. The molecule has 1 aliphatic carbocycles. The highest BCUT2D eigenvalue weighted by Crippen LogP contribution is 2.44. The van der Waals surface area contributed by atoms with Crippen molar-refractivity contribution >= 4 is 71.2 Å². The van der Waals surface area contributed by atoms with E-state index in [-0.39, 0.29) is 128 Å². The summed E-state index contributed by atoms with van der Waals surface area (Å²) in [5.41, 5.74) is 20.7. The van der Waals surface area contributed by atoms with Crippen LogP contribution in [0.1, 0.15) is 120 Å². The molecule has 4 aliphatic heterocycles. The number of unbranched alkanes of at least 4 members (excludes halogenated alkanes) is 1. The lowest BCUT2D eigenvalue weighted by Gasteiger charge is -2.32. The highest BCUT2D eigenvalue weighted by molar-refractivity contribution is 5.98. The van der Waals surface area contributed by atoms with E-state index >= 15 is 0 Å². The Kier molecular flexibility index (Phi) is 24.2. The van der Waals surface area contributed by atoms with Gasteiger partial charge in [-0.2, -0.15) is 0 Å². The third-order valence-corrected chi connectivity index (χ3v) is 16.9. The van der Waals surface area contributed by atoms with E-state index in [0.29, 0.717) is 38.5 Å². The van der Waals surface area contributed by atoms with Gasteiger partial charge in [-0.3, -0.25) is 49.2 Å². The van der Waals surface area contributed by atoms with Crippen molar-refractivity contribution in [3.05, 3.63) is 59.7 Å². The molecule has 0 radical (unpaired) electrons. The van der Waals surface area contributed by atoms with Crippen LogP contribution in [0.25, 0.3) is 11.1 Å². The standard InChI is InChI=1S/C59H86N16O13/c1-34(76)48(71-59(87)88-33-39-37-16-4-2-14-35(37)36-15-3-5-17-38(36)39)52(81)70-40(18-6-7-25-60)53(82)74-30-12-23-45(74)51(80)69-41(19-8-26-65-57(61)62)54(83)73-29-11-21-43(73)49(78)67-32-47(77)72-28-10-22-44(72)50(79)68-42(20-9-27-66-58(63)64)55(84)75-31-13-24-46(75)56(85)86/h2-5,14-17,34,39-46,48,76H,6-13,18-33,60H2,1H3,(H,67,78)(H,68,79)(H,69,80)(H,70,81)(H,71,87)(H,85,86)(H4,61,62,65)(H4,63,64,66)/t34-,40+,41+,42+,43+,44+,45+,46+,48+/m1/s1. The van der Waals surface area contributed by atoms with Crippen LogP contribution in [0.4, 0.5) is 4.79 Å². The molecule has 88 heavy (non-hydrogen) atoms. The fourth-order valence-electron chi connectivity index (χ4n) is 12.5. The van der Waals surface area contributed by atoms with Crippen LogP contribution in [0.5, 0.6) is 0 Å². The minimum atomic E-state index is -1.55. The number of benzene rings is 2.